The van der Waals surface area contributed by atoms with Crippen molar-refractivity contribution in [2.45, 2.75) is 93.8 Å². The van der Waals surface area contributed by atoms with Gasteiger partial charge in [-0.05, 0) is 56.8 Å². The average molecular weight is 531 g/mol. The quantitative estimate of drug-likeness (QED) is 0.200. The van der Waals surface area contributed by atoms with Crippen LogP contribution in [0.5, 0.6) is 0 Å². The van der Waals surface area contributed by atoms with E-state index in [4.69, 9.17) is 53.8 Å². The highest BCUT2D eigenvalue weighted by Gasteiger charge is 2.48. The van der Waals surface area contributed by atoms with Crippen LogP contribution in [0, 0.1) is 11.8 Å². The summed E-state index contributed by atoms with van der Waals surface area (Å²) in [6.07, 6.45) is 7.07. The van der Waals surface area contributed by atoms with E-state index in [1.807, 2.05) is 0 Å². The molecular formula is C23H38Cl3NO6. The Morgan fingerprint density at radius 2 is 1.88 bits per heavy atom. The number of alkyl halides is 3. The molecule has 0 N–H and O–H groups in total. The monoisotopic (exact) mass is 529 g/mol. The summed E-state index contributed by atoms with van der Waals surface area (Å²) in [5, 5.41) is 0. The number of halogens is 3. The zero-order chi connectivity index (χ0) is 24.4. The molecule has 2 rings (SSSR count). The van der Waals surface area contributed by atoms with Crippen LogP contribution >= 0.6 is 34.8 Å². The topological polar surface area (TPSA) is 74.3 Å². The molecule has 5 atom stereocenters. The number of carbonyl (C=O) groups excluding carboxylic acids is 2. The van der Waals surface area contributed by atoms with Crippen molar-refractivity contribution >= 4 is 46.9 Å². The fourth-order valence-electron chi connectivity index (χ4n) is 5.04. The summed E-state index contributed by atoms with van der Waals surface area (Å²) < 4.78 is 20.2. The van der Waals surface area contributed by atoms with E-state index in [0.29, 0.717) is 13.0 Å². The van der Waals surface area contributed by atoms with Crippen molar-refractivity contribution in [3.63, 3.8) is 0 Å². The van der Waals surface area contributed by atoms with Crippen LogP contribution in [-0.4, -0.2) is 66.1 Å². The van der Waals surface area contributed by atoms with Crippen molar-refractivity contribution in [3.8, 4) is 0 Å². The number of piperidine rings is 1. The van der Waals surface area contributed by atoms with E-state index in [1.165, 1.54) is 7.11 Å². The molecule has 33 heavy (non-hydrogen) atoms. The fourth-order valence-corrected chi connectivity index (χ4v) is 5.20. The molecule has 2 fully saturated rings. The van der Waals surface area contributed by atoms with Crippen LogP contribution in [0.25, 0.3) is 0 Å². The molecule has 10 heteroatoms. The molecule has 0 aromatic carbocycles. The third-order valence-corrected chi connectivity index (χ3v) is 6.86. The Labute approximate surface area is 212 Å². The summed E-state index contributed by atoms with van der Waals surface area (Å²) in [7, 11) is 1.34. The van der Waals surface area contributed by atoms with Gasteiger partial charge in [0.15, 0.2) is 6.29 Å². The number of methoxy groups -OCH3 is 1. The number of hydrogen-bond donors (Lipinski definition) is 0. The summed E-state index contributed by atoms with van der Waals surface area (Å²) in [6, 6.07) is -0.931. The van der Waals surface area contributed by atoms with Gasteiger partial charge in [-0.3, -0.25) is 4.90 Å². The minimum absolute atomic E-state index is 0.0177. The molecule has 0 aliphatic carbocycles. The Kier molecular flexibility index (Phi) is 12.4. The van der Waals surface area contributed by atoms with Crippen LogP contribution < -0.4 is 0 Å². The fraction of sp³-hybridized carbons (Fsp3) is 0.913. The first-order valence-corrected chi connectivity index (χ1v) is 13.2. The highest BCUT2D eigenvalue weighted by molar-refractivity contribution is 6.67. The van der Waals surface area contributed by atoms with Crippen LogP contribution in [0.2, 0.25) is 0 Å². The molecule has 2 heterocycles. The maximum absolute atomic E-state index is 13.2. The SMILES string of the molecule is CCC[C@@H]1C[C@@H](CC)[C@H](CCCOC2CCCCO2)N(C(=O)OCC(Cl)(Cl)Cl)[C@@H]1C(=O)OC. The molecule has 0 bridgehead atoms. The summed E-state index contributed by atoms with van der Waals surface area (Å²) in [5.41, 5.74) is 0. The first-order valence-electron chi connectivity index (χ1n) is 12.0. The number of rotatable bonds is 10. The smallest absolute Gasteiger partial charge is 0.410 e. The molecule has 0 aromatic rings. The Hall–Kier alpha value is -0.470. The Bertz CT molecular complexity index is 611. The van der Waals surface area contributed by atoms with Crippen molar-refractivity contribution in [2.24, 2.45) is 11.8 Å². The number of ether oxygens (including phenoxy) is 4. The normalized spacial score (nSPS) is 28.4. The van der Waals surface area contributed by atoms with Crippen LogP contribution in [0.4, 0.5) is 4.79 Å². The largest absolute Gasteiger partial charge is 0.467 e. The molecule has 1 amide bonds. The molecule has 7 nitrogen and oxygen atoms in total. The standard InChI is InChI=1S/C23H38Cl3NO6/c1-4-9-17-14-16(5-2)18(10-8-13-32-19-11-6-7-12-31-19)27(20(17)21(28)30-3)22(29)33-15-23(24,25)26/h16-20H,4-15H2,1-3H3/t16-,17-,18+,19?,20+/m1/s1. The van der Waals surface area contributed by atoms with Gasteiger partial charge < -0.3 is 18.9 Å². The molecule has 192 valence electrons. The van der Waals surface area contributed by atoms with Gasteiger partial charge in [0.2, 0.25) is 3.79 Å². The molecule has 2 saturated heterocycles. The number of carbonyl (C=O) groups is 2. The maximum atomic E-state index is 13.2. The molecule has 2 aliphatic rings. The Morgan fingerprint density at radius 3 is 2.45 bits per heavy atom. The summed E-state index contributed by atoms with van der Waals surface area (Å²) in [6.45, 7) is 5.03. The highest BCUT2D eigenvalue weighted by atomic mass is 35.6. The van der Waals surface area contributed by atoms with E-state index in [-0.39, 0.29) is 24.2 Å². The van der Waals surface area contributed by atoms with Gasteiger partial charge >= 0.3 is 12.1 Å². The zero-order valence-corrected chi connectivity index (χ0v) is 22.2. The third-order valence-electron chi connectivity index (χ3n) is 6.54. The number of nitrogens with zero attached hydrogens (tertiary/aromatic N) is 1. The zero-order valence-electron chi connectivity index (χ0n) is 19.9. The van der Waals surface area contributed by atoms with Gasteiger partial charge in [-0.15, -0.1) is 0 Å². The van der Waals surface area contributed by atoms with Crippen LogP contribution in [0.3, 0.4) is 0 Å². The molecule has 0 aromatic heterocycles. The highest BCUT2D eigenvalue weighted by Crippen LogP contribution is 2.40. The third kappa shape index (κ3) is 8.92. The molecule has 0 saturated carbocycles. The van der Waals surface area contributed by atoms with E-state index >= 15 is 0 Å². The average Bonchev–Trinajstić information content (AvgIpc) is 2.80. The lowest BCUT2D eigenvalue weighted by Crippen LogP contribution is -2.60. The Morgan fingerprint density at radius 1 is 1.12 bits per heavy atom. The predicted octanol–water partition coefficient (Wildman–Crippen LogP) is 5.88. The van der Waals surface area contributed by atoms with E-state index < -0.39 is 28.5 Å². The first-order chi connectivity index (χ1) is 15.7. The summed E-state index contributed by atoms with van der Waals surface area (Å²) >= 11 is 17.4. The van der Waals surface area contributed by atoms with E-state index in [1.54, 1.807) is 4.90 Å². The Balaban J connectivity index is 2.18. The van der Waals surface area contributed by atoms with Crippen molar-refractivity contribution in [3.05, 3.63) is 0 Å². The van der Waals surface area contributed by atoms with Crippen molar-refractivity contribution in [2.75, 3.05) is 26.9 Å². The summed E-state index contributed by atoms with van der Waals surface area (Å²) in [4.78, 5) is 27.7. The maximum Gasteiger partial charge on any atom is 0.410 e. The lowest BCUT2D eigenvalue weighted by Gasteiger charge is -2.48. The number of amides is 1. The van der Waals surface area contributed by atoms with E-state index in [9.17, 15) is 9.59 Å². The number of likely N-dealkylation sites (tertiary alicyclic amines) is 1. The van der Waals surface area contributed by atoms with Crippen molar-refractivity contribution in [1.29, 1.82) is 0 Å². The minimum atomic E-state index is -1.73. The molecule has 2 aliphatic heterocycles. The van der Waals surface area contributed by atoms with Gasteiger partial charge in [0, 0.05) is 19.3 Å². The second-order valence-electron chi connectivity index (χ2n) is 8.87. The molecular weight excluding hydrogens is 493 g/mol. The van der Waals surface area contributed by atoms with Gasteiger partial charge in [-0.25, -0.2) is 9.59 Å². The second kappa shape index (κ2) is 14.2. The van der Waals surface area contributed by atoms with Crippen LogP contribution in [0.1, 0.15) is 71.6 Å². The van der Waals surface area contributed by atoms with Crippen molar-refractivity contribution in [1.82, 2.24) is 4.90 Å². The van der Waals surface area contributed by atoms with Gasteiger partial charge in [0.25, 0.3) is 0 Å². The molecule has 1 unspecified atom stereocenters. The van der Waals surface area contributed by atoms with Gasteiger partial charge in [0.05, 0.1) is 7.11 Å². The van der Waals surface area contributed by atoms with Crippen LogP contribution in [-0.2, 0) is 23.7 Å². The first kappa shape index (κ1) is 28.8. The minimum Gasteiger partial charge on any atom is -0.467 e. The number of esters is 1. The van der Waals surface area contributed by atoms with E-state index in [2.05, 4.69) is 13.8 Å². The predicted molar refractivity (Wildman–Crippen MR) is 129 cm³/mol. The lowest BCUT2D eigenvalue weighted by molar-refractivity contribution is -0.164. The van der Waals surface area contributed by atoms with Crippen molar-refractivity contribution < 1.29 is 28.5 Å². The van der Waals surface area contributed by atoms with Gasteiger partial charge in [-0.2, -0.15) is 0 Å². The van der Waals surface area contributed by atoms with E-state index in [0.717, 1.165) is 58.0 Å². The van der Waals surface area contributed by atoms with Gasteiger partial charge in [0.1, 0.15) is 12.6 Å². The van der Waals surface area contributed by atoms with Gasteiger partial charge in [-0.1, -0.05) is 61.5 Å². The second-order valence-corrected chi connectivity index (χ2v) is 11.4. The summed E-state index contributed by atoms with van der Waals surface area (Å²) in [5.74, 6) is -0.241. The molecule has 0 spiro atoms. The molecule has 0 radical (unpaired) electrons. The van der Waals surface area contributed by atoms with Crippen LogP contribution in [0.15, 0.2) is 0 Å². The number of hydrogen-bond acceptors (Lipinski definition) is 6. The lowest BCUT2D eigenvalue weighted by atomic mass is 9.74.